The van der Waals surface area contributed by atoms with E-state index < -0.39 is 17.6 Å². The number of halogens is 3. The molecule has 31 heavy (non-hydrogen) atoms. The molecule has 1 N–H and O–H groups in total. The Morgan fingerprint density at radius 1 is 0.968 bits per heavy atom. The first kappa shape index (κ1) is 23.6. The molecule has 5 heteroatoms. The Labute approximate surface area is 185 Å². The number of fused-ring (bicyclic) bond motifs is 5. The van der Waals surface area contributed by atoms with E-state index in [1.54, 1.807) is 0 Å². The lowest BCUT2D eigenvalue weighted by Gasteiger charge is -2.62. The molecule has 0 spiro atoms. The SMILES string of the molecule is CC(CCC(=O)C(F)(F)F)C1CCC2C3CCC4CC(C)(O)CCC4(C)C3CCC12C. The van der Waals surface area contributed by atoms with E-state index in [1.807, 2.05) is 6.92 Å². The van der Waals surface area contributed by atoms with E-state index in [0.717, 1.165) is 37.5 Å². The van der Waals surface area contributed by atoms with E-state index >= 15 is 0 Å². The van der Waals surface area contributed by atoms with Crippen LogP contribution in [0.5, 0.6) is 0 Å². The second kappa shape index (κ2) is 7.74. The smallest absolute Gasteiger partial charge is 0.390 e. The molecule has 0 aliphatic heterocycles. The number of carbonyl (C=O) groups is 1. The lowest BCUT2D eigenvalue weighted by molar-refractivity contribution is -0.171. The molecule has 4 saturated carbocycles. The minimum absolute atomic E-state index is 0.162. The highest BCUT2D eigenvalue weighted by atomic mass is 19.4. The zero-order valence-electron chi connectivity index (χ0n) is 19.7. The van der Waals surface area contributed by atoms with Crippen LogP contribution in [0, 0.1) is 46.3 Å². The molecule has 0 radical (unpaired) electrons. The Hall–Kier alpha value is -0.580. The van der Waals surface area contributed by atoms with E-state index in [1.165, 1.54) is 32.1 Å². The molecule has 0 bridgehead atoms. The highest BCUT2D eigenvalue weighted by Crippen LogP contribution is 2.68. The van der Waals surface area contributed by atoms with Crippen LogP contribution in [0.3, 0.4) is 0 Å². The van der Waals surface area contributed by atoms with Gasteiger partial charge in [0.15, 0.2) is 0 Å². The zero-order chi connectivity index (χ0) is 22.8. The van der Waals surface area contributed by atoms with Crippen LogP contribution in [-0.2, 0) is 4.79 Å². The molecular formula is C26H41F3O2. The van der Waals surface area contributed by atoms with Crippen LogP contribution < -0.4 is 0 Å². The maximum Gasteiger partial charge on any atom is 0.449 e. The molecule has 4 rings (SSSR count). The number of carbonyl (C=O) groups excluding carboxylic acids is 1. The van der Waals surface area contributed by atoms with Crippen LogP contribution in [0.15, 0.2) is 0 Å². The Kier molecular flexibility index (Phi) is 5.88. The van der Waals surface area contributed by atoms with Gasteiger partial charge in [-0.2, -0.15) is 13.2 Å². The van der Waals surface area contributed by atoms with Crippen molar-refractivity contribution in [1.29, 1.82) is 0 Å². The summed E-state index contributed by atoms with van der Waals surface area (Å²) in [6.07, 6.45) is 5.38. The average molecular weight is 443 g/mol. The molecule has 4 aliphatic rings. The summed E-state index contributed by atoms with van der Waals surface area (Å²) in [5.41, 5.74) is 0.0163. The third-order valence-corrected chi connectivity index (χ3v) is 10.9. The quantitative estimate of drug-likeness (QED) is 0.512. The van der Waals surface area contributed by atoms with E-state index in [-0.39, 0.29) is 17.8 Å². The minimum atomic E-state index is -4.70. The number of Topliss-reactive ketones (excluding diaryl/α,β-unsaturated/α-hetero) is 1. The van der Waals surface area contributed by atoms with Crippen molar-refractivity contribution in [3.05, 3.63) is 0 Å². The number of aliphatic hydroxyl groups is 1. The summed E-state index contributed by atoms with van der Waals surface area (Å²) in [5, 5.41) is 10.7. The predicted octanol–water partition coefficient (Wildman–Crippen LogP) is 6.94. The topological polar surface area (TPSA) is 37.3 Å². The molecule has 4 aliphatic carbocycles. The van der Waals surface area contributed by atoms with Crippen LogP contribution >= 0.6 is 0 Å². The van der Waals surface area contributed by atoms with Crippen LogP contribution in [-0.4, -0.2) is 22.7 Å². The van der Waals surface area contributed by atoms with Crippen molar-refractivity contribution >= 4 is 5.78 Å². The summed E-state index contributed by atoms with van der Waals surface area (Å²) < 4.78 is 38.0. The summed E-state index contributed by atoms with van der Waals surface area (Å²) in [6, 6.07) is 0. The zero-order valence-corrected chi connectivity index (χ0v) is 19.7. The van der Waals surface area contributed by atoms with E-state index in [0.29, 0.717) is 29.6 Å². The van der Waals surface area contributed by atoms with Crippen LogP contribution in [0.1, 0.15) is 98.3 Å². The number of hydrogen-bond acceptors (Lipinski definition) is 2. The van der Waals surface area contributed by atoms with Crippen molar-refractivity contribution in [1.82, 2.24) is 0 Å². The summed E-state index contributed by atoms with van der Waals surface area (Å²) in [4.78, 5) is 11.4. The lowest BCUT2D eigenvalue weighted by Crippen LogP contribution is -2.55. The minimum Gasteiger partial charge on any atom is -0.390 e. The standard InChI is InChI=1S/C26H41F3O2/c1-16(5-10-22(30)26(27,28)29)19-8-9-20-18-7-6-17-15-23(2,31)13-14-24(17,3)21(18)11-12-25(19,20)4/h16-21,31H,5-15H2,1-4H3. The van der Waals surface area contributed by atoms with E-state index in [4.69, 9.17) is 0 Å². The number of rotatable bonds is 4. The Bertz CT molecular complexity index is 701. The van der Waals surface area contributed by atoms with Crippen LogP contribution in [0.2, 0.25) is 0 Å². The molecule has 0 aromatic carbocycles. The van der Waals surface area contributed by atoms with Gasteiger partial charge in [0.25, 0.3) is 0 Å². The van der Waals surface area contributed by atoms with Gasteiger partial charge in [0.05, 0.1) is 5.60 Å². The molecule has 9 unspecified atom stereocenters. The number of hydrogen-bond donors (Lipinski definition) is 1. The van der Waals surface area contributed by atoms with Crippen LogP contribution in [0.4, 0.5) is 13.2 Å². The fraction of sp³-hybridized carbons (Fsp3) is 0.962. The van der Waals surface area contributed by atoms with Crippen molar-refractivity contribution in [3.8, 4) is 0 Å². The molecule has 2 nitrogen and oxygen atoms in total. The van der Waals surface area contributed by atoms with Gasteiger partial charge in [-0.25, -0.2) is 0 Å². The first-order chi connectivity index (χ1) is 14.3. The van der Waals surface area contributed by atoms with Gasteiger partial charge in [-0.15, -0.1) is 0 Å². The third kappa shape index (κ3) is 3.99. The first-order valence-electron chi connectivity index (χ1n) is 12.6. The summed E-state index contributed by atoms with van der Waals surface area (Å²) >= 11 is 0. The third-order valence-electron chi connectivity index (χ3n) is 10.9. The Morgan fingerprint density at radius 3 is 2.32 bits per heavy atom. The lowest BCUT2D eigenvalue weighted by atomic mass is 9.43. The van der Waals surface area contributed by atoms with Gasteiger partial charge >= 0.3 is 6.18 Å². The summed E-state index contributed by atoms with van der Waals surface area (Å²) in [5.74, 6) is 1.75. The number of alkyl halides is 3. The molecule has 0 amide bonds. The molecule has 0 aromatic heterocycles. The highest BCUT2D eigenvalue weighted by Gasteiger charge is 2.61. The Morgan fingerprint density at radius 2 is 1.65 bits per heavy atom. The van der Waals surface area contributed by atoms with Crippen molar-refractivity contribution in [2.45, 2.75) is 110 Å². The van der Waals surface area contributed by atoms with Crippen molar-refractivity contribution in [2.75, 3.05) is 0 Å². The fourth-order valence-corrected chi connectivity index (χ4v) is 9.11. The molecule has 178 valence electrons. The van der Waals surface area contributed by atoms with Gasteiger partial charge in [0.1, 0.15) is 0 Å². The number of ketones is 1. The van der Waals surface area contributed by atoms with Gasteiger partial charge in [-0.3, -0.25) is 4.79 Å². The predicted molar refractivity (Wildman–Crippen MR) is 115 cm³/mol. The van der Waals surface area contributed by atoms with Gasteiger partial charge < -0.3 is 5.11 Å². The molecule has 9 atom stereocenters. The van der Waals surface area contributed by atoms with Gasteiger partial charge in [0.2, 0.25) is 5.78 Å². The van der Waals surface area contributed by atoms with Crippen LogP contribution in [0.25, 0.3) is 0 Å². The molecule has 0 aromatic rings. The van der Waals surface area contributed by atoms with E-state index in [9.17, 15) is 23.1 Å². The van der Waals surface area contributed by atoms with Gasteiger partial charge in [-0.05, 0) is 117 Å². The first-order valence-corrected chi connectivity index (χ1v) is 12.6. The van der Waals surface area contributed by atoms with Gasteiger partial charge in [-0.1, -0.05) is 20.8 Å². The molecule has 0 heterocycles. The normalized spacial score (nSPS) is 48.5. The van der Waals surface area contributed by atoms with Crippen molar-refractivity contribution < 1.29 is 23.1 Å². The summed E-state index contributed by atoms with van der Waals surface area (Å²) in [6.45, 7) is 8.98. The van der Waals surface area contributed by atoms with Gasteiger partial charge in [0, 0.05) is 6.42 Å². The molecular weight excluding hydrogens is 401 g/mol. The van der Waals surface area contributed by atoms with E-state index in [2.05, 4.69) is 20.8 Å². The second-order valence-corrected chi connectivity index (χ2v) is 12.5. The van der Waals surface area contributed by atoms with Crippen molar-refractivity contribution in [3.63, 3.8) is 0 Å². The maximum absolute atomic E-state index is 12.7. The monoisotopic (exact) mass is 442 g/mol. The fourth-order valence-electron chi connectivity index (χ4n) is 9.11. The largest absolute Gasteiger partial charge is 0.449 e. The maximum atomic E-state index is 12.7. The average Bonchev–Trinajstić information content (AvgIpc) is 3.02. The molecule has 0 saturated heterocycles. The highest BCUT2D eigenvalue weighted by molar-refractivity contribution is 5.83. The molecule has 4 fully saturated rings. The summed E-state index contributed by atoms with van der Waals surface area (Å²) in [7, 11) is 0. The second-order valence-electron chi connectivity index (χ2n) is 12.5. The van der Waals surface area contributed by atoms with Crippen molar-refractivity contribution in [2.24, 2.45) is 46.3 Å². The Balaban J connectivity index is 1.46.